The number of amides is 1. The minimum atomic E-state index is -3.61. The average Bonchev–Trinajstić information content (AvgIpc) is 2.75. The van der Waals surface area contributed by atoms with Gasteiger partial charge in [0, 0.05) is 19.0 Å². The van der Waals surface area contributed by atoms with Gasteiger partial charge in [-0.1, -0.05) is 38.5 Å². The maximum Gasteiger partial charge on any atom is 0.243 e. The third-order valence-corrected chi connectivity index (χ3v) is 7.09. The Morgan fingerprint density at radius 3 is 2.45 bits per heavy atom. The number of nitrogens with one attached hydrogen (secondary N) is 1. The first-order valence-electron chi connectivity index (χ1n) is 10.1. The van der Waals surface area contributed by atoms with Gasteiger partial charge in [-0.05, 0) is 49.6 Å². The number of hydrogen-bond acceptors (Lipinski definition) is 4. The van der Waals surface area contributed by atoms with E-state index < -0.39 is 10.0 Å². The van der Waals surface area contributed by atoms with E-state index in [9.17, 15) is 13.2 Å². The summed E-state index contributed by atoms with van der Waals surface area (Å²) in [4.78, 5) is 12.7. The molecule has 29 heavy (non-hydrogen) atoms. The highest BCUT2D eigenvalue weighted by atomic mass is 32.2. The Hall–Kier alpha value is -2.38. The zero-order valence-electron chi connectivity index (χ0n) is 16.9. The predicted octanol–water partition coefficient (Wildman–Crippen LogP) is 4.64. The molecule has 1 amide bonds. The van der Waals surface area contributed by atoms with E-state index in [0.29, 0.717) is 36.7 Å². The lowest BCUT2D eigenvalue weighted by atomic mass is 10.1. The molecule has 1 aliphatic heterocycles. The van der Waals surface area contributed by atoms with Gasteiger partial charge < -0.3 is 10.1 Å². The van der Waals surface area contributed by atoms with E-state index in [2.05, 4.69) is 5.32 Å². The molecule has 1 unspecified atom stereocenters. The Morgan fingerprint density at radius 1 is 1.10 bits per heavy atom. The van der Waals surface area contributed by atoms with E-state index in [1.165, 1.54) is 10.4 Å². The van der Waals surface area contributed by atoms with Crippen LogP contribution in [0, 0.1) is 5.92 Å². The summed E-state index contributed by atoms with van der Waals surface area (Å²) in [7, 11) is -3.61. The maximum atomic E-state index is 13.1. The molecular formula is C22H28N2O4S. The van der Waals surface area contributed by atoms with Crippen molar-refractivity contribution in [2.45, 2.75) is 44.4 Å². The SMILES string of the molecule is CCC(C)C(=O)Nc1cc(S(=O)(=O)N2CCCCC2)ccc1Oc1ccccc1. The summed E-state index contributed by atoms with van der Waals surface area (Å²) in [6.45, 7) is 4.82. The lowest BCUT2D eigenvalue weighted by molar-refractivity contribution is -0.119. The van der Waals surface area contributed by atoms with Crippen LogP contribution in [0.2, 0.25) is 0 Å². The van der Waals surface area contributed by atoms with Gasteiger partial charge in [-0.15, -0.1) is 0 Å². The van der Waals surface area contributed by atoms with Crippen molar-refractivity contribution >= 4 is 21.6 Å². The summed E-state index contributed by atoms with van der Waals surface area (Å²) in [5, 5.41) is 2.85. The van der Waals surface area contributed by atoms with Crippen molar-refractivity contribution < 1.29 is 17.9 Å². The van der Waals surface area contributed by atoms with Gasteiger partial charge in [-0.25, -0.2) is 8.42 Å². The molecule has 3 rings (SSSR count). The second-order valence-electron chi connectivity index (χ2n) is 7.34. The fraction of sp³-hybridized carbons (Fsp3) is 0.409. The van der Waals surface area contributed by atoms with Crippen LogP contribution in [0.15, 0.2) is 53.4 Å². The minimum absolute atomic E-state index is 0.166. The van der Waals surface area contributed by atoms with Crippen LogP contribution in [0.1, 0.15) is 39.5 Å². The van der Waals surface area contributed by atoms with Crippen LogP contribution in [-0.2, 0) is 14.8 Å². The molecule has 1 N–H and O–H groups in total. The van der Waals surface area contributed by atoms with E-state index in [0.717, 1.165) is 19.3 Å². The first kappa shape index (κ1) is 21.3. The number of carbonyl (C=O) groups excluding carboxylic acids is 1. The molecule has 2 aromatic carbocycles. The van der Waals surface area contributed by atoms with Crippen molar-refractivity contribution in [1.82, 2.24) is 4.31 Å². The molecule has 7 heteroatoms. The number of piperidine rings is 1. The number of hydrogen-bond donors (Lipinski definition) is 1. The highest BCUT2D eigenvalue weighted by Crippen LogP contribution is 2.33. The number of para-hydroxylation sites is 1. The normalized spacial score (nSPS) is 16.2. The van der Waals surface area contributed by atoms with E-state index in [4.69, 9.17) is 4.74 Å². The smallest absolute Gasteiger partial charge is 0.243 e. The summed E-state index contributed by atoms with van der Waals surface area (Å²) in [5.41, 5.74) is 0.359. The van der Waals surface area contributed by atoms with Crippen molar-refractivity contribution in [3.8, 4) is 11.5 Å². The number of ether oxygens (including phenoxy) is 1. The van der Waals surface area contributed by atoms with Gasteiger partial charge in [-0.3, -0.25) is 4.79 Å². The number of carbonyl (C=O) groups is 1. The van der Waals surface area contributed by atoms with E-state index >= 15 is 0 Å². The van der Waals surface area contributed by atoms with E-state index in [1.807, 2.05) is 32.0 Å². The Morgan fingerprint density at radius 2 is 1.79 bits per heavy atom. The Bertz CT molecular complexity index is 939. The molecule has 1 fully saturated rings. The maximum absolute atomic E-state index is 13.1. The van der Waals surface area contributed by atoms with Gasteiger partial charge in [-0.2, -0.15) is 4.31 Å². The Labute approximate surface area is 172 Å². The van der Waals surface area contributed by atoms with Crippen LogP contribution in [0.5, 0.6) is 11.5 Å². The molecule has 1 saturated heterocycles. The van der Waals surface area contributed by atoms with Crippen molar-refractivity contribution in [1.29, 1.82) is 0 Å². The second kappa shape index (κ2) is 9.41. The van der Waals surface area contributed by atoms with Crippen LogP contribution in [0.25, 0.3) is 0 Å². The fourth-order valence-electron chi connectivity index (χ4n) is 3.17. The predicted molar refractivity (Wildman–Crippen MR) is 114 cm³/mol. The third kappa shape index (κ3) is 5.16. The fourth-order valence-corrected chi connectivity index (χ4v) is 4.71. The van der Waals surface area contributed by atoms with Crippen molar-refractivity contribution in [3.05, 3.63) is 48.5 Å². The summed E-state index contributed by atoms with van der Waals surface area (Å²) >= 11 is 0. The zero-order valence-corrected chi connectivity index (χ0v) is 17.7. The molecule has 0 radical (unpaired) electrons. The van der Waals surface area contributed by atoms with Gasteiger partial charge >= 0.3 is 0 Å². The lowest BCUT2D eigenvalue weighted by Gasteiger charge is -2.26. The molecule has 1 heterocycles. The summed E-state index contributed by atoms with van der Waals surface area (Å²) in [6.07, 6.45) is 3.47. The third-order valence-electron chi connectivity index (χ3n) is 5.19. The Kier molecular flexibility index (Phi) is 6.92. The highest BCUT2D eigenvalue weighted by molar-refractivity contribution is 7.89. The molecule has 6 nitrogen and oxygen atoms in total. The van der Waals surface area contributed by atoms with Crippen LogP contribution in [-0.4, -0.2) is 31.7 Å². The first-order chi connectivity index (χ1) is 13.9. The largest absolute Gasteiger partial charge is 0.455 e. The molecule has 2 aromatic rings. The first-order valence-corrected chi connectivity index (χ1v) is 11.5. The van der Waals surface area contributed by atoms with Crippen LogP contribution < -0.4 is 10.1 Å². The van der Waals surface area contributed by atoms with Crippen LogP contribution >= 0.6 is 0 Å². The molecule has 1 atom stereocenters. The summed E-state index contributed by atoms with van der Waals surface area (Å²) in [5.74, 6) is 0.656. The van der Waals surface area contributed by atoms with Gasteiger partial charge in [0.25, 0.3) is 0 Å². The van der Waals surface area contributed by atoms with Crippen LogP contribution in [0.4, 0.5) is 5.69 Å². The van der Waals surface area contributed by atoms with Gasteiger partial charge in [0.1, 0.15) is 5.75 Å². The molecular weight excluding hydrogens is 388 g/mol. The summed E-state index contributed by atoms with van der Waals surface area (Å²) in [6, 6.07) is 13.8. The highest BCUT2D eigenvalue weighted by Gasteiger charge is 2.27. The van der Waals surface area contributed by atoms with Crippen LogP contribution in [0.3, 0.4) is 0 Å². The standard InChI is InChI=1S/C22H28N2O4S/c1-3-17(2)22(25)23-20-16-19(29(26,27)24-14-8-5-9-15-24)12-13-21(20)28-18-10-6-4-7-11-18/h4,6-7,10-13,16-17H,3,5,8-9,14-15H2,1-2H3,(H,23,25). The van der Waals surface area contributed by atoms with E-state index in [1.54, 1.807) is 24.3 Å². The van der Waals surface area contributed by atoms with Gasteiger partial charge in [0.05, 0.1) is 10.6 Å². The quantitative estimate of drug-likeness (QED) is 0.713. The number of benzene rings is 2. The molecule has 0 saturated carbocycles. The number of anilines is 1. The zero-order chi connectivity index (χ0) is 20.9. The average molecular weight is 417 g/mol. The molecule has 0 bridgehead atoms. The second-order valence-corrected chi connectivity index (χ2v) is 9.27. The van der Waals surface area contributed by atoms with Crippen molar-refractivity contribution in [2.75, 3.05) is 18.4 Å². The van der Waals surface area contributed by atoms with Crippen molar-refractivity contribution in [2.24, 2.45) is 5.92 Å². The number of rotatable bonds is 7. The molecule has 1 aliphatic rings. The molecule has 0 aromatic heterocycles. The van der Waals surface area contributed by atoms with Crippen molar-refractivity contribution in [3.63, 3.8) is 0 Å². The molecule has 0 aliphatic carbocycles. The number of nitrogens with zero attached hydrogens (tertiary/aromatic N) is 1. The topological polar surface area (TPSA) is 75.7 Å². The lowest BCUT2D eigenvalue weighted by Crippen LogP contribution is -2.35. The minimum Gasteiger partial charge on any atom is -0.455 e. The summed E-state index contributed by atoms with van der Waals surface area (Å²) < 4.78 is 33.5. The number of sulfonamides is 1. The van der Waals surface area contributed by atoms with Gasteiger partial charge in [0.15, 0.2) is 5.75 Å². The van der Waals surface area contributed by atoms with Gasteiger partial charge in [0.2, 0.25) is 15.9 Å². The molecule has 156 valence electrons. The molecule has 0 spiro atoms. The Balaban J connectivity index is 1.95. The monoisotopic (exact) mass is 416 g/mol. The van der Waals surface area contributed by atoms with E-state index in [-0.39, 0.29) is 16.7 Å².